The molecule has 0 spiro atoms. The molecule has 0 aliphatic heterocycles. The lowest BCUT2D eigenvalue weighted by atomic mass is 9.72. The molecule has 0 fully saturated rings. The highest BCUT2D eigenvalue weighted by Gasteiger charge is 2.28. The summed E-state index contributed by atoms with van der Waals surface area (Å²) < 4.78 is 25.9. The number of anilines is 2. The molecule has 0 aromatic heterocycles. The lowest BCUT2D eigenvalue weighted by Gasteiger charge is -2.32. The second-order valence-electron chi connectivity index (χ2n) is 16.2. The van der Waals surface area contributed by atoms with Gasteiger partial charge >= 0.3 is 0 Å². The van der Waals surface area contributed by atoms with Crippen LogP contribution in [0.4, 0.5) is 11.4 Å². The third kappa shape index (κ3) is 11.7. The molecule has 0 aliphatic carbocycles. The van der Waals surface area contributed by atoms with E-state index in [0.717, 1.165) is 17.1 Å². The van der Waals surface area contributed by atoms with Gasteiger partial charge < -0.3 is 4.90 Å². The van der Waals surface area contributed by atoms with E-state index in [0.29, 0.717) is 6.26 Å². The van der Waals surface area contributed by atoms with Crippen molar-refractivity contribution in [1.29, 1.82) is 0 Å². The van der Waals surface area contributed by atoms with Crippen molar-refractivity contribution in [1.82, 2.24) is 0 Å². The fourth-order valence-corrected chi connectivity index (χ4v) is 6.16. The number of nitrogens with zero attached hydrogens (tertiary/aromatic N) is 1. The first-order valence-electron chi connectivity index (χ1n) is 17.2. The van der Waals surface area contributed by atoms with Crippen LogP contribution < -0.4 is 4.90 Å². The molecule has 0 bridgehead atoms. The first-order chi connectivity index (χ1) is 23.1. The normalized spacial score (nSPS) is 13.6. The maximum Gasteiger partial charge on any atom is 0.261 e. The van der Waals surface area contributed by atoms with Crippen molar-refractivity contribution in [3.8, 4) is 11.1 Å². The Morgan fingerprint density at radius 3 is 1.42 bits per heavy atom. The van der Waals surface area contributed by atoms with Crippen molar-refractivity contribution < 1.29 is 13.0 Å². The fraction of sp³-hybridized carbons (Fsp3) is 0.333. The highest BCUT2D eigenvalue weighted by molar-refractivity contribution is 7.85. The van der Waals surface area contributed by atoms with Gasteiger partial charge in [0.1, 0.15) is 0 Å². The molecule has 50 heavy (non-hydrogen) atoms. The Balaban J connectivity index is 0.00000126. The van der Waals surface area contributed by atoms with Crippen molar-refractivity contribution >= 4 is 21.5 Å². The van der Waals surface area contributed by atoms with Gasteiger partial charge in [-0.2, -0.15) is 8.42 Å². The minimum atomic E-state index is -3.67. The van der Waals surface area contributed by atoms with Gasteiger partial charge in [-0.1, -0.05) is 159 Å². The smallest absolute Gasteiger partial charge is 0.261 e. The molecule has 4 aromatic carbocycles. The van der Waals surface area contributed by atoms with Crippen LogP contribution in [0.1, 0.15) is 91.8 Å². The average molecular weight is 692 g/mol. The molecule has 4 aromatic rings. The molecular weight excluding hydrogens is 635 g/mol. The van der Waals surface area contributed by atoms with E-state index in [1.54, 1.807) is 0 Å². The van der Waals surface area contributed by atoms with Gasteiger partial charge in [0.2, 0.25) is 0 Å². The maximum atomic E-state index is 9.19. The van der Waals surface area contributed by atoms with Crippen LogP contribution >= 0.6 is 0 Å². The highest BCUT2D eigenvalue weighted by atomic mass is 32.2. The second kappa shape index (κ2) is 16.2. The molecule has 0 radical (unpaired) electrons. The lowest BCUT2D eigenvalue weighted by Crippen LogP contribution is -2.20. The van der Waals surface area contributed by atoms with Gasteiger partial charge in [-0.05, 0) is 87.4 Å². The van der Waals surface area contributed by atoms with Crippen molar-refractivity contribution in [2.75, 3.05) is 11.2 Å². The van der Waals surface area contributed by atoms with Crippen molar-refractivity contribution in [3.63, 3.8) is 0 Å². The Morgan fingerprint density at radius 1 is 0.660 bits per heavy atom. The highest BCUT2D eigenvalue weighted by Crippen LogP contribution is 2.41. The summed E-state index contributed by atoms with van der Waals surface area (Å²) in [7, 11) is -3.67. The Morgan fingerprint density at radius 2 is 1.06 bits per heavy atom. The van der Waals surface area contributed by atoms with Crippen molar-refractivity contribution in [2.24, 2.45) is 5.41 Å². The average Bonchev–Trinajstić information content (AvgIpc) is 3.02. The number of rotatable bonds is 8. The topological polar surface area (TPSA) is 57.6 Å². The van der Waals surface area contributed by atoms with Gasteiger partial charge in [-0.15, -0.1) is 0 Å². The van der Waals surface area contributed by atoms with Crippen LogP contribution in [0.15, 0.2) is 139 Å². The van der Waals surface area contributed by atoms with Gasteiger partial charge in [-0.25, -0.2) is 0 Å². The minimum absolute atomic E-state index is 0.0439. The molecule has 4 nitrogen and oxygen atoms in total. The van der Waals surface area contributed by atoms with Gasteiger partial charge in [0.15, 0.2) is 0 Å². The quantitative estimate of drug-likeness (QED) is 0.148. The summed E-state index contributed by atoms with van der Waals surface area (Å²) in [6.45, 7) is 27.1. The second-order valence-corrected chi connectivity index (χ2v) is 17.6. The number of hydrogen-bond donors (Lipinski definition) is 1. The van der Waals surface area contributed by atoms with Crippen LogP contribution in [0.3, 0.4) is 0 Å². The van der Waals surface area contributed by atoms with Crippen LogP contribution in [-0.4, -0.2) is 19.2 Å². The van der Waals surface area contributed by atoms with E-state index < -0.39 is 10.1 Å². The van der Waals surface area contributed by atoms with Crippen LogP contribution in [0.5, 0.6) is 0 Å². The van der Waals surface area contributed by atoms with Crippen molar-refractivity contribution in [3.05, 3.63) is 156 Å². The Labute approximate surface area is 303 Å². The third-order valence-corrected chi connectivity index (χ3v) is 8.64. The molecule has 0 heterocycles. The summed E-state index contributed by atoms with van der Waals surface area (Å²) in [6.07, 6.45) is 7.21. The summed E-state index contributed by atoms with van der Waals surface area (Å²) in [5, 5.41) is 0. The predicted molar refractivity (Wildman–Crippen MR) is 216 cm³/mol. The largest absolute Gasteiger partial charge is 0.311 e. The number of hydrogen-bond acceptors (Lipinski definition) is 3. The Bertz CT molecular complexity index is 1800. The zero-order valence-corrected chi connectivity index (χ0v) is 32.8. The van der Waals surface area contributed by atoms with E-state index in [4.69, 9.17) is 4.55 Å². The first-order valence-corrected chi connectivity index (χ1v) is 19.0. The van der Waals surface area contributed by atoms with Crippen LogP contribution in [0, 0.1) is 5.41 Å². The van der Waals surface area contributed by atoms with E-state index in [9.17, 15) is 8.42 Å². The molecule has 1 unspecified atom stereocenters. The molecule has 0 saturated heterocycles. The molecule has 266 valence electrons. The summed E-state index contributed by atoms with van der Waals surface area (Å²) in [5.74, 6) is 0.259. The van der Waals surface area contributed by atoms with Crippen LogP contribution in [-0.2, 0) is 20.9 Å². The summed E-state index contributed by atoms with van der Waals surface area (Å²) in [6, 6.07) is 37.7. The zero-order chi connectivity index (χ0) is 37.5. The van der Waals surface area contributed by atoms with Crippen LogP contribution in [0.25, 0.3) is 11.1 Å². The lowest BCUT2D eigenvalue weighted by molar-refractivity contribution is 0.354. The first kappa shape index (κ1) is 40.2. The van der Waals surface area contributed by atoms with Crippen LogP contribution in [0.2, 0.25) is 0 Å². The van der Waals surface area contributed by atoms with Gasteiger partial charge in [0.25, 0.3) is 10.1 Å². The summed E-state index contributed by atoms with van der Waals surface area (Å²) in [5.41, 5.74) is 11.3. The summed E-state index contributed by atoms with van der Waals surface area (Å²) >= 11 is 0. The third-order valence-electron chi connectivity index (χ3n) is 8.64. The van der Waals surface area contributed by atoms with E-state index in [-0.39, 0.29) is 22.2 Å². The molecule has 0 saturated carbocycles. The van der Waals surface area contributed by atoms with Crippen molar-refractivity contribution in [2.45, 2.75) is 86.0 Å². The zero-order valence-electron chi connectivity index (χ0n) is 32.0. The fourth-order valence-electron chi connectivity index (χ4n) is 6.16. The Kier molecular flexibility index (Phi) is 13.1. The Hall–Kier alpha value is -4.19. The van der Waals surface area contributed by atoms with Gasteiger partial charge in [0.05, 0.1) is 6.26 Å². The molecule has 0 aliphatic rings. The SMILES string of the molecule is C=C/C(=C\C=C(/C)C(c1ccc(-c2ccccc2)cc1)C(C)(C)C)N(c1ccc(C(C)(C)C)cc1)c1ccc(C(C)(C)C)cc1.CS(=O)(=O)O. The van der Waals surface area contributed by atoms with Gasteiger partial charge in [-0.3, -0.25) is 4.55 Å². The molecular formula is C45H57NO3S. The monoisotopic (exact) mass is 691 g/mol. The maximum absolute atomic E-state index is 9.19. The predicted octanol–water partition coefficient (Wildman–Crippen LogP) is 12.4. The molecule has 1 N–H and O–H groups in total. The molecule has 0 amide bonds. The van der Waals surface area contributed by atoms with E-state index in [1.807, 2.05) is 6.08 Å². The molecule has 4 rings (SSSR count). The van der Waals surface area contributed by atoms with E-state index in [1.165, 1.54) is 33.4 Å². The molecule has 1 atom stereocenters. The van der Waals surface area contributed by atoms with Gasteiger partial charge in [0, 0.05) is 23.0 Å². The summed E-state index contributed by atoms with van der Waals surface area (Å²) in [4.78, 5) is 2.32. The van der Waals surface area contributed by atoms with E-state index in [2.05, 4.69) is 196 Å². The minimum Gasteiger partial charge on any atom is -0.311 e. The number of benzene rings is 4. The number of allylic oxidation sites excluding steroid dienone is 4. The molecule has 5 heteroatoms. The standard InChI is InChI=1S/C44H53N.CH4O3S/c1-12-38(27-18-32(2)41(44(9,10)11)35-21-19-34(20-22-35)33-16-14-13-15-17-33)45(39-28-23-36(24-29-39)42(3,4)5)40-30-25-37(26-31-40)43(6,7)8;1-5(2,3)4/h12-31,41H,1H2,2-11H3;1H3,(H,2,3,4)/b32-18+,38-27+;. The van der Waals surface area contributed by atoms with E-state index >= 15 is 0 Å².